The van der Waals surface area contributed by atoms with Crippen LogP contribution in [0.25, 0.3) is 0 Å². The molecule has 118 valence electrons. The molecule has 6 nitrogen and oxygen atoms in total. The molecule has 0 aromatic heterocycles. The fourth-order valence-corrected chi connectivity index (χ4v) is 2.02. The van der Waals surface area contributed by atoms with Gasteiger partial charge in [0.15, 0.2) is 0 Å². The molecular weight excluding hydrogens is 347 g/mol. The summed E-state index contributed by atoms with van der Waals surface area (Å²) in [5.74, 6) is -0.841. The quantitative estimate of drug-likeness (QED) is 0.598. The first-order valence-electron chi connectivity index (χ1n) is 6.29. The highest BCUT2D eigenvalue weighted by Gasteiger charge is 2.22. The van der Waals surface area contributed by atoms with E-state index in [1.807, 2.05) is 20.8 Å². The average molecular weight is 365 g/mol. The van der Waals surface area contributed by atoms with Crippen molar-refractivity contribution in [2.24, 2.45) is 0 Å². The fraction of sp³-hybridized carbons (Fsp3) is 0.538. The van der Waals surface area contributed by atoms with Crippen molar-refractivity contribution in [3.8, 4) is 5.75 Å². The van der Waals surface area contributed by atoms with Crippen molar-refractivity contribution in [1.29, 1.82) is 0 Å². The van der Waals surface area contributed by atoms with Gasteiger partial charge in [0.05, 0.1) is 15.5 Å². The lowest BCUT2D eigenvalue weighted by Crippen LogP contribution is -2.42. The van der Waals surface area contributed by atoms with Gasteiger partial charge in [-0.3, -0.25) is 10.1 Å². The first-order valence-corrected chi connectivity index (χ1v) is 7.09. The number of β-amino-alcohol motifs (C(OH)–C–C–N with tert-alkyl or cyclic N) is 1. The van der Waals surface area contributed by atoms with Gasteiger partial charge >= 0.3 is 5.69 Å². The molecule has 1 unspecified atom stereocenters. The van der Waals surface area contributed by atoms with E-state index in [-0.39, 0.29) is 28.9 Å². The van der Waals surface area contributed by atoms with Crippen LogP contribution >= 0.6 is 15.9 Å². The molecule has 8 heteroatoms. The minimum Gasteiger partial charge on any atom is -0.483 e. The largest absolute Gasteiger partial charge is 0.483 e. The van der Waals surface area contributed by atoms with Gasteiger partial charge in [0.25, 0.3) is 0 Å². The molecule has 0 fully saturated rings. The van der Waals surface area contributed by atoms with E-state index in [9.17, 15) is 19.6 Å². The Labute approximate surface area is 130 Å². The number of halogens is 2. The van der Waals surface area contributed by atoms with Gasteiger partial charge in [0.1, 0.15) is 18.5 Å². The maximum atomic E-state index is 13.2. The number of nitro benzene ring substituents is 1. The zero-order chi connectivity index (χ0) is 16.2. The van der Waals surface area contributed by atoms with Gasteiger partial charge in [0.2, 0.25) is 5.75 Å². The van der Waals surface area contributed by atoms with Crippen LogP contribution in [0.1, 0.15) is 20.8 Å². The van der Waals surface area contributed by atoms with Gasteiger partial charge in [-0.15, -0.1) is 0 Å². The Hall–Kier alpha value is -1.25. The summed E-state index contributed by atoms with van der Waals surface area (Å²) in [6, 6.07) is 1.85. The molecule has 0 bridgehead atoms. The van der Waals surface area contributed by atoms with Gasteiger partial charge in [-0.1, -0.05) is 0 Å². The normalized spacial score (nSPS) is 13.0. The van der Waals surface area contributed by atoms with Crippen LogP contribution in [-0.4, -0.2) is 34.8 Å². The van der Waals surface area contributed by atoms with E-state index < -0.39 is 22.5 Å². The molecule has 1 rings (SSSR count). The standard InChI is InChI=1S/C13H18BrFN2O4/c1-13(2,3)16-6-9(18)7-21-12-10(14)4-8(15)5-11(12)17(19)20/h4-5,9,16,18H,6-7H2,1-3H3. The Kier molecular flexibility index (Phi) is 6.06. The Bertz CT molecular complexity index is 520. The Morgan fingerprint density at radius 3 is 2.67 bits per heavy atom. The van der Waals surface area contributed by atoms with Crippen LogP contribution in [0.3, 0.4) is 0 Å². The van der Waals surface area contributed by atoms with Gasteiger partial charge in [-0.2, -0.15) is 0 Å². The van der Waals surface area contributed by atoms with Crippen molar-refractivity contribution >= 4 is 21.6 Å². The number of nitrogens with one attached hydrogen (secondary N) is 1. The first kappa shape index (κ1) is 17.8. The number of nitro groups is 1. The number of hydrogen-bond donors (Lipinski definition) is 2. The molecule has 1 aromatic rings. The molecule has 2 N–H and O–H groups in total. The first-order chi connectivity index (χ1) is 9.60. The number of nitrogens with zero attached hydrogens (tertiary/aromatic N) is 1. The second-order valence-corrected chi connectivity index (χ2v) is 6.44. The summed E-state index contributed by atoms with van der Waals surface area (Å²) >= 11 is 3.02. The highest BCUT2D eigenvalue weighted by atomic mass is 79.9. The van der Waals surface area contributed by atoms with Crippen LogP contribution in [-0.2, 0) is 0 Å². The van der Waals surface area contributed by atoms with E-state index in [0.717, 1.165) is 12.1 Å². The lowest BCUT2D eigenvalue weighted by atomic mass is 10.1. The molecule has 0 aliphatic heterocycles. The molecule has 0 saturated heterocycles. The van der Waals surface area contributed by atoms with Crippen LogP contribution in [0.4, 0.5) is 10.1 Å². The van der Waals surface area contributed by atoms with E-state index in [0.29, 0.717) is 0 Å². The summed E-state index contributed by atoms with van der Waals surface area (Å²) in [5.41, 5.74) is -0.651. The van der Waals surface area contributed by atoms with Gasteiger partial charge in [0, 0.05) is 12.1 Å². The van der Waals surface area contributed by atoms with Gasteiger partial charge in [-0.05, 0) is 42.8 Å². The number of benzene rings is 1. The number of hydrogen-bond acceptors (Lipinski definition) is 5. The predicted molar refractivity (Wildman–Crippen MR) is 80.0 cm³/mol. The SMILES string of the molecule is CC(C)(C)NCC(O)COc1c(Br)cc(F)cc1[N+](=O)[O-]. The zero-order valence-corrected chi connectivity index (χ0v) is 13.6. The molecule has 0 aliphatic rings. The van der Waals surface area contributed by atoms with E-state index >= 15 is 0 Å². The van der Waals surface area contributed by atoms with Crippen LogP contribution in [0.15, 0.2) is 16.6 Å². The molecule has 0 heterocycles. The van der Waals surface area contributed by atoms with Crippen LogP contribution in [0.5, 0.6) is 5.75 Å². The monoisotopic (exact) mass is 364 g/mol. The van der Waals surface area contributed by atoms with Crippen molar-refractivity contribution in [1.82, 2.24) is 5.32 Å². The molecule has 1 aromatic carbocycles. The minimum atomic E-state index is -0.846. The number of aliphatic hydroxyl groups excluding tert-OH is 1. The van der Waals surface area contributed by atoms with Crippen LogP contribution < -0.4 is 10.1 Å². The van der Waals surface area contributed by atoms with Crippen molar-refractivity contribution in [2.75, 3.05) is 13.2 Å². The zero-order valence-electron chi connectivity index (χ0n) is 12.0. The Morgan fingerprint density at radius 2 is 2.14 bits per heavy atom. The maximum Gasteiger partial charge on any atom is 0.315 e. The highest BCUT2D eigenvalue weighted by molar-refractivity contribution is 9.10. The lowest BCUT2D eigenvalue weighted by Gasteiger charge is -2.23. The summed E-state index contributed by atoms with van der Waals surface area (Å²) in [5, 5.41) is 23.8. The van der Waals surface area contributed by atoms with E-state index in [2.05, 4.69) is 21.2 Å². The molecule has 0 spiro atoms. The molecule has 0 amide bonds. The fourth-order valence-electron chi connectivity index (χ4n) is 1.49. The van der Waals surface area contributed by atoms with Crippen LogP contribution in [0.2, 0.25) is 0 Å². The van der Waals surface area contributed by atoms with Gasteiger partial charge < -0.3 is 15.2 Å². The molecule has 0 aliphatic carbocycles. The molecular formula is C13H18BrFN2O4. The molecule has 0 radical (unpaired) electrons. The molecule has 0 saturated carbocycles. The summed E-state index contributed by atoms with van der Waals surface area (Å²) in [7, 11) is 0. The average Bonchev–Trinajstić information content (AvgIpc) is 2.33. The third-order valence-electron chi connectivity index (χ3n) is 2.47. The Balaban J connectivity index is 2.73. The molecule has 1 atom stereocenters. The lowest BCUT2D eigenvalue weighted by molar-refractivity contribution is -0.386. The van der Waals surface area contributed by atoms with Crippen LogP contribution in [0, 0.1) is 15.9 Å². The summed E-state index contributed by atoms with van der Waals surface area (Å²) in [6.45, 7) is 5.97. The third-order valence-corrected chi connectivity index (χ3v) is 3.06. The van der Waals surface area contributed by atoms with E-state index in [1.54, 1.807) is 0 Å². The van der Waals surface area contributed by atoms with E-state index in [1.165, 1.54) is 0 Å². The Morgan fingerprint density at radius 1 is 1.52 bits per heavy atom. The van der Waals surface area contributed by atoms with Crippen molar-refractivity contribution in [3.63, 3.8) is 0 Å². The van der Waals surface area contributed by atoms with E-state index in [4.69, 9.17) is 4.74 Å². The topological polar surface area (TPSA) is 84.6 Å². The van der Waals surface area contributed by atoms with Crippen molar-refractivity contribution in [3.05, 3.63) is 32.5 Å². The third kappa shape index (κ3) is 5.94. The summed E-state index contributed by atoms with van der Waals surface area (Å²) in [6.07, 6.45) is -0.846. The van der Waals surface area contributed by atoms with Gasteiger partial charge in [-0.25, -0.2) is 4.39 Å². The number of ether oxygens (including phenoxy) is 1. The molecule has 21 heavy (non-hydrogen) atoms. The number of rotatable bonds is 6. The smallest absolute Gasteiger partial charge is 0.315 e. The predicted octanol–water partition coefficient (Wildman–Crippen LogP) is 2.62. The summed E-state index contributed by atoms with van der Waals surface area (Å²) < 4.78 is 18.6. The van der Waals surface area contributed by atoms with Crippen molar-refractivity contribution < 1.29 is 19.2 Å². The summed E-state index contributed by atoms with van der Waals surface area (Å²) in [4.78, 5) is 10.2. The second kappa shape index (κ2) is 7.15. The maximum absolute atomic E-state index is 13.2. The highest BCUT2D eigenvalue weighted by Crippen LogP contribution is 2.35. The minimum absolute atomic E-state index is 0.101. The number of aliphatic hydroxyl groups is 1. The van der Waals surface area contributed by atoms with Crippen molar-refractivity contribution in [2.45, 2.75) is 32.4 Å². The second-order valence-electron chi connectivity index (χ2n) is 5.59.